The van der Waals surface area contributed by atoms with Crippen LogP contribution < -0.4 is 14.4 Å². The molecule has 4 aliphatic heterocycles. The number of carbonyl (C=O) groups is 2. The van der Waals surface area contributed by atoms with Gasteiger partial charge >= 0.3 is 5.97 Å². The Morgan fingerprint density at radius 1 is 0.965 bits per heavy atom. The highest BCUT2D eigenvalue weighted by Gasteiger charge is 2.48. The highest BCUT2D eigenvalue weighted by Crippen LogP contribution is 2.47. The lowest BCUT2D eigenvalue weighted by Gasteiger charge is -2.53. The van der Waals surface area contributed by atoms with Crippen LogP contribution in [0.15, 0.2) is 36.4 Å². The molecule has 57 heavy (non-hydrogen) atoms. The molecule has 0 radical (unpaired) electrons. The quantitative estimate of drug-likeness (QED) is 0.397. The monoisotopic (exact) mass is 827 g/mol. The smallest absolute Gasteiger partial charge is 0.306 e. The van der Waals surface area contributed by atoms with Gasteiger partial charge in [-0.2, -0.15) is 0 Å². The maximum absolute atomic E-state index is 13.6. The highest BCUT2D eigenvalue weighted by atomic mass is 35.5. The molecule has 2 N–H and O–H groups in total. The van der Waals surface area contributed by atoms with Crippen LogP contribution in [0.1, 0.15) is 86.7 Å². The van der Waals surface area contributed by atoms with E-state index >= 15 is 0 Å². The first kappa shape index (κ1) is 42.2. The Balaban J connectivity index is 1.16. The molecule has 2 bridgehead atoms. The molecule has 1 aliphatic carbocycles. The summed E-state index contributed by atoms with van der Waals surface area (Å²) in [5, 5.41) is 12.9. The third-order valence-corrected chi connectivity index (χ3v) is 16.0. The Morgan fingerprint density at radius 2 is 1.75 bits per heavy atom. The molecule has 5 aliphatic rings. The molecule has 6 atom stereocenters. The van der Waals surface area contributed by atoms with Gasteiger partial charge < -0.3 is 19.5 Å². The maximum atomic E-state index is 13.6. The van der Waals surface area contributed by atoms with Crippen LogP contribution >= 0.6 is 11.6 Å². The molecule has 2 saturated heterocycles. The molecule has 14 heteroatoms. The molecule has 2 aromatic rings. The summed E-state index contributed by atoms with van der Waals surface area (Å²) in [5.74, 6) is -0.105. The molecule has 7 rings (SSSR count). The number of piperazine rings is 2. The Labute approximate surface area is 344 Å². The van der Waals surface area contributed by atoms with Crippen molar-refractivity contribution in [2.75, 3.05) is 77.5 Å². The third kappa shape index (κ3) is 9.92. The molecule has 3 fully saturated rings. The number of aliphatic hydroxyl groups is 1. The summed E-state index contributed by atoms with van der Waals surface area (Å²) >= 11 is 6.41. The molecular formula is C43H62ClN5O7S. The molecule has 0 aromatic heterocycles. The average molecular weight is 829 g/mol. The van der Waals surface area contributed by atoms with E-state index in [1.807, 2.05) is 25.1 Å². The summed E-state index contributed by atoms with van der Waals surface area (Å²) in [7, 11) is -2.55. The van der Waals surface area contributed by atoms with E-state index < -0.39 is 26.8 Å². The van der Waals surface area contributed by atoms with Crippen molar-refractivity contribution >= 4 is 39.2 Å². The molecule has 12 nitrogen and oxygen atoms in total. The number of hydrogen-bond acceptors (Lipinski definition) is 11. The minimum absolute atomic E-state index is 0.0724. The number of β-amino-alcohol motifs (C(OH)–C–C–N with tert-alkyl or cyclic N) is 1. The van der Waals surface area contributed by atoms with Crippen LogP contribution in [0.3, 0.4) is 0 Å². The number of aryl methyl sites for hydroxylation is 1. The Hall–Kier alpha value is -2.94. The normalized spacial score (nSPS) is 30.6. The number of nitrogens with zero attached hydrogens (tertiary/aromatic N) is 4. The number of sulfonamides is 1. The standard InChI is InChI=1S/C43H62ClN5O7S/c1-30-7-6-16-43(52,29-47-20-22-48-21-19-46(26-37(48)27-47)18-15-41(50)55-3)38-13-10-34(38)25-49-17-5-4-8-32-23-36(44)12-9-35(32)28-56-40-14-11-33(24-39(40)49)42(51)45-57(53,54)31(30)2/h9,11-12,14,23-24,30-31,34,37-38,52H,4-8,10,13,15-22,25-29H2,1-3H3,(H,45,51)/t30-,31+,34-,37+,38+,43-/m0/s1. The van der Waals surface area contributed by atoms with E-state index in [-0.39, 0.29) is 29.3 Å². The summed E-state index contributed by atoms with van der Waals surface area (Å²) in [6.45, 7) is 12.1. The van der Waals surface area contributed by atoms with Gasteiger partial charge in [0, 0.05) is 82.1 Å². The van der Waals surface area contributed by atoms with Gasteiger partial charge in [-0.1, -0.05) is 31.0 Å². The lowest BCUT2D eigenvalue weighted by molar-refractivity contribution is -0.141. The van der Waals surface area contributed by atoms with E-state index in [4.69, 9.17) is 21.1 Å². The van der Waals surface area contributed by atoms with Gasteiger partial charge in [0.05, 0.1) is 30.1 Å². The van der Waals surface area contributed by atoms with Crippen LogP contribution in [0.4, 0.5) is 5.69 Å². The Morgan fingerprint density at radius 3 is 2.53 bits per heavy atom. The lowest BCUT2D eigenvalue weighted by Crippen LogP contribution is -2.64. The number of benzene rings is 2. The average Bonchev–Trinajstić information content (AvgIpc) is 3.20. The van der Waals surface area contributed by atoms with Crippen LogP contribution in [0.5, 0.6) is 5.75 Å². The van der Waals surface area contributed by atoms with Gasteiger partial charge in [-0.15, -0.1) is 0 Å². The van der Waals surface area contributed by atoms with Gasteiger partial charge in [-0.05, 0) is 111 Å². The van der Waals surface area contributed by atoms with Crippen molar-refractivity contribution in [1.29, 1.82) is 0 Å². The van der Waals surface area contributed by atoms with E-state index in [1.165, 1.54) is 12.7 Å². The molecule has 0 spiro atoms. The van der Waals surface area contributed by atoms with Crippen LogP contribution in [0.2, 0.25) is 5.02 Å². The number of halogens is 1. The second-order valence-corrected chi connectivity index (χ2v) is 19.9. The van der Waals surface area contributed by atoms with Crippen molar-refractivity contribution in [2.24, 2.45) is 17.8 Å². The second kappa shape index (κ2) is 18.1. The van der Waals surface area contributed by atoms with Crippen molar-refractivity contribution < 1.29 is 32.6 Å². The van der Waals surface area contributed by atoms with Crippen LogP contribution in [0, 0.1) is 17.8 Å². The number of amides is 1. The van der Waals surface area contributed by atoms with Crippen molar-refractivity contribution in [2.45, 2.75) is 95.1 Å². The number of ether oxygens (including phenoxy) is 2. The fourth-order valence-electron chi connectivity index (χ4n) is 9.96. The number of hydrogen-bond donors (Lipinski definition) is 2. The van der Waals surface area contributed by atoms with Crippen LogP contribution in [0.25, 0.3) is 0 Å². The first-order chi connectivity index (χ1) is 27.3. The number of esters is 1. The summed E-state index contributed by atoms with van der Waals surface area (Å²) < 4.78 is 41.1. The van der Waals surface area contributed by atoms with E-state index in [0.717, 1.165) is 89.2 Å². The molecule has 4 heterocycles. The molecule has 1 saturated carbocycles. The van der Waals surface area contributed by atoms with Crippen molar-refractivity contribution in [3.63, 3.8) is 0 Å². The largest absolute Gasteiger partial charge is 0.487 e. The SMILES string of the molecule is COC(=O)CCN1CCN2CCN(C[C@@]3(O)CCC[C@H](C)[C@@H](C)S(=O)(=O)NC(=O)c4ccc5c(c4)N(CCCCc4cc(Cl)ccc4CO5)C[C@@H]4CC[C@H]43)C[C@H]2C1. The topological polar surface area (TPSA) is 132 Å². The van der Waals surface area contributed by atoms with Gasteiger partial charge in [-0.25, -0.2) is 13.1 Å². The Bertz CT molecular complexity index is 1870. The zero-order valence-electron chi connectivity index (χ0n) is 34.0. The first-order valence-electron chi connectivity index (χ1n) is 21.1. The van der Waals surface area contributed by atoms with E-state index in [1.54, 1.807) is 25.1 Å². The summed E-state index contributed by atoms with van der Waals surface area (Å²) in [6, 6.07) is 11.5. The number of methoxy groups -OCH3 is 1. The third-order valence-electron chi connectivity index (χ3n) is 13.8. The summed E-state index contributed by atoms with van der Waals surface area (Å²) in [6.07, 6.45) is 6.92. The summed E-state index contributed by atoms with van der Waals surface area (Å²) in [4.78, 5) is 35.2. The van der Waals surface area contributed by atoms with E-state index in [9.17, 15) is 23.1 Å². The van der Waals surface area contributed by atoms with Gasteiger partial charge in [0.15, 0.2) is 0 Å². The fraction of sp³-hybridized carbons (Fsp3) is 0.674. The Kier molecular flexibility index (Phi) is 13.4. The maximum Gasteiger partial charge on any atom is 0.306 e. The van der Waals surface area contributed by atoms with Gasteiger partial charge in [0.1, 0.15) is 12.4 Å². The highest BCUT2D eigenvalue weighted by molar-refractivity contribution is 7.90. The lowest BCUT2D eigenvalue weighted by atomic mass is 9.62. The number of anilines is 1. The van der Waals surface area contributed by atoms with E-state index in [2.05, 4.69) is 24.3 Å². The van der Waals surface area contributed by atoms with Crippen molar-refractivity contribution in [1.82, 2.24) is 19.4 Å². The summed E-state index contributed by atoms with van der Waals surface area (Å²) in [5.41, 5.74) is 2.32. The minimum Gasteiger partial charge on any atom is -0.487 e. The number of nitrogens with one attached hydrogen (secondary N) is 1. The second-order valence-electron chi connectivity index (χ2n) is 17.4. The van der Waals surface area contributed by atoms with Crippen molar-refractivity contribution in [3.05, 3.63) is 58.1 Å². The van der Waals surface area contributed by atoms with Gasteiger partial charge in [0.2, 0.25) is 10.0 Å². The van der Waals surface area contributed by atoms with Gasteiger partial charge in [0.25, 0.3) is 5.91 Å². The predicted octanol–water partition coefficient (Wildman–Crippen LogP) is 4.95. The number of rotatable bonds is 5. The molecule has 0 unspecified atom stereocenters. The zero-order chi connectivity index (χ0) is 40.3. The van der Waals surface area contributed by atoms with E-state index in [0.29, 0.717) is 68.7 Å². The number of fused-ring (bicyclic) bond motifs is 4. The molecule has 1 amide bonds. The zero-order valence-corrected chi connectivity index (χ0v) is 35.5. The minimum atomic E-state index is -3.98. The molecule has 2 aromatic carbocycles. The van der Waals surface area contributed by atoms with Gasteiger partial charge in [-0.3, -0.25) is 24.3 Å². The molecule has 314 valence electrons. The van der Waals surface area contributed by atoms with Crippen LogP contribution in [-0.4, -0.2) is 130 Å². The predicted molar refractivity (Wildman–Crippen MR) is 222 cm³/mol. The van der Waals surface area contributed by atoms with Crippen LogP contribution in [-0.2, 0) is 32.6 Å². The van der Waals surface area contributed by atoms with Crippen molar-refractivity contribution in [3.8, 4) is 5.75 Å². The molecular weight excluding hydrogens is 766 g/mol. The number of carbonyl (C=O) groups excluding carboxylic acids is 2. The first-order valence-corrected chi connectivity index (χ1v) is 23.1. The fourth-order valence-corrected chi connectivity index (χ4v) is 11.5.